The molecule has 0 spiro atoms. The largest absolute Gasteiger partial charge is 0.508 e. The van der Waals surface area contributed by atoms with Crippen LogP contribution in [-0.4, -0.2) is 33.0 Å². The molecule has 0 heterocycles. The van der Waals surface area contributed by atoms with Gasteiger partial charge in [-0.05, 0) is 38.1 Å². The highest BCUT2D eigenvalue weighted by Gasteiger charge is 1.97. The number of aliphatic hydroxyl groups is 2. The smallest absolute Gasteiger partial charge is 0.154 e. The summed E-state index contributed by atoms with van der Waals surface area (Å²) in [6, 6.07) is 5.70. The molecular weight excluding hydrogens is 200 g/mol. The van der Waals surface area contributed by atoms with Crippen molar-refractivity contribution in [3.8, 4) is 11.5 Å². The van der Waals surface area contributed by atoms with Crippen LogP contribution in [0.25, 0.3) is 0 Å². The van der Waals surface area contributed by atoms with Gasteiger partial charge in [0.25, 0.3) is 0 Å². The number of ether oxygens (including phenoxy) is 1. The SMILES string of the molecule is CC(O)OC(C)O.Oc1ccc(O)cc1. The Morgan fingerprint density at radius 2 is 1.13 bits per heavy atom. The lowest BCUT2D eigenvalue weighted by Gasteiger charge is -2.07. The monoisotopic (exact) mass is 216 g/mol. The minimum atomic E-state index is -0.875. The van der Waals surface area contributed by atoms with Gasteiger partial charge < -0.3 is 25.2 Å². The molecule has 1 aromatic carbocycles. The Bertz CT molecular complexity index is 228. The van der Waals surface area contributed by atoms with Crippen molar-refractivity contribution in [2.75, 3.05) is 0 Å². The molecule has 0 amide bonds. The van der Waals surface area contributed by atoms with Crippen molar-refractivity contribution in [2.24, 2.45) is 0 Å². The minimum Gasteiger partial charge on any atom is -0.508 e. The van der Waals surface area contributed by atoms with Crippen molar-refractivity contribution in [3.05, 3.63) is 24.3 Å². The number of rotatable bonds is 2. The van der Waals surface area contributed by atoms with Crippen molar-refractivity contribution in [2.45, 2.75) is 26.4 Å². The third-order valence-corrected chi connectivity index (χ3v) is 1.24. The molecule has 1 rings (SSSR count). The molecule has 0 aliphatic carbocycles. The van der Waals surface area contributed by atoms with E-state index in [2.05, 4.69) is 4.74 Å². The van der Waals surface area contributed by atoms with Gasteiger partial charge in [0.1, 0.15) is 11.5 Å². The normalized spacial score (nSPS) is 13.6. The van der Waals surface area contributed by atoms with E-state index in [1.807, 2.05) is 0 Å². The summed E-state index contributed by atoms with van der Waals surface area (Å²) in [5.41, 5.74) is 0. The summed E-state index contributed by atoms with van der Waals surface area (Å²) in [4.78, 5) is 0. The fraction of sp³-hybridized carbons (Fsp3) is 0.400. The molecule has 0 aromatic heterocycles. The van der Waals surface area contributed by atoms with Crippen molar-refractivity contribution >= 4 is 0 Å². The number of aromatic hydroxyl groups is 2. The first-order chi connectivity index (χ1) is 6.91. The van der Waals surface area contributed by atoms with E-state index in [1.165, 1.54) is 38.1 Å². The summed E-state index contributed by atoms with van der Waals surface area (Å²) < 4.78 is 4.36. The minimum absolute atomic E-state index is 0.169. The second-order valence-electron chi connectivity index (χ2n) is 2.85. The van der Waals surface area contributed by atoms with Gasteiger partial charge in [-0.1, -0.05) is 0 Å². The van der Waals surface area contributed by atoms with E-state index >= 15 is 0 Å². The van der Waals surface area contributed by atoms with Gasteiger partial charge in [-0.3, -0.25) is 0 Å². The highest BCUT2D eigenvalue weighted by atomic mass is 16.7. The Hall–Kier alpha value is -1.30. The Kier molecular flexibility index (Phi) is 6.44. The Labute approximate surface area is 88.2 Å². The molecule has 15 heavy (non-hydrogen) atoms. The zero-order valence-electron chi connectivity index (χ0n) is 8.66. The van der Waals surface area contributed by atoms with Crippen LogP contribution >= 0.6 is 0 Å². The molecule has 0 aliphatic rings. The fourth-order valence-corrected chi connectivity index (χ4v) is 0.738. The second-order valence-corrected chi connectivity index (χ2v) is 2.85. The van der Waals surface area contributed by atoms with Crippen LogP contribution in [0.15, 0.2) is 24.3 Å². The quantitative estimate of drug-likeness (QED) is 0.433. The number of hydrogen-bond donors (Lipinski definition) is 4. The number of hydrogen-bond acceptors (Lipinski definition) is 5. The Morgan fingerprint density at radius 3 is 1.27 bits per heavy atom. The van der Waals surface area contributed by atoms with Crippen LogP contribution in [0.3, 0.4) is 0 Å². The van der Waals surface area contributed by atoms with E-state index in [4.69, 9.17) is 20.4 Å². The van der Waals surface area contributed by atoms with Gasteiger partial charge in [0.2, 0.25) is 0 Å². The summed E-state index contributed by atoms with van der Waals surface area (Å²) in [5, 5.41) is 34.0. The molecule has 2 unspecified atom stereocenters. The third kappa shape index (κ3) is 9.01. The molecule has 0 fully saturated rings. The van der Waals surface area contributed by atoms with Crippen molar-refractivity contribution in [3.63, 3.8) is 0 Å². The molecule has 4 N–H and O–H groups in total. The highest BCUT2D eigenvalue weighted by molar-refractivity contribution is 5.28. The van der Waals surface area contributed by atoms with Gasteiger partial charge in [0.05, 0.1) is 0 Å². The fourth-order valence-electron chi connectivity index (χ4n) is 0.738. The molecule has 1 aromatic rings. The van der Waals surface area contributed by atoms with E-state index in [0.717, 1.165) is 0 Å². The summed E-state index contributed by atoms with van der Waals surface area (Å²) >= 11 is 0. The van der Waals surface area contributed by atoms with Gasteiger partial charge in [-0.2, -0.15) is 0 Å². The summed E-state index contributed by atoms with van der Waals surface area (Å²) in [6.07, 6.45) is -1.75. The van der Waals surface area contributed by atoms with Gasteiger partial charge in [-0.25, -0.2) is 0 Å². The first-order valence-electron chi connectivity index (χ1n) is 4.41. The molecule has 86 valence electrons. The molecule has 5 nitrogen and oxygen atoms in total. The van der Waals surface area contributed by atoms with Gasteiger partial charge in [-0.15, -0.1) is 0 Å². The van der Waals surface area contributed by atoms with Crippen LogP contribution in [-0.2, 0) is 4.74 Å². The first-order valence-corrected chi connectivity index (χ1v) is 4.41. The number of phenolic OH excluding ortho intramolecular Hbond substituents is 2. The van der Waals surface area contributed by atoms with E-state index in [0.29, 0.717) is 0 Å². The summed E-state index contributed by atoms with van der Waals surface area (Å²) in [5.74, 6) is 0.339. The van der Waals surface area contributed by atoms with Crippen LogP contribution in [0, 0.1) is 0 Å². The lowest BCUT2D eigenvalue weighted by Crippen LogP contribution is -2.14. The lowest BCUT2D eigenvalue weighted by atomic mass is 10.3. The van der Waals surface area contributed by atoms with Crippen LogP contribution in [0.5, 0.6) is 11.5 Å². The summed E-state index contributed by atoms with van der Waals surface area (Å²) in [7, 11) is 0. The van der Waals surface area contributed by atoms with E-state index in [9.17, 15) is 0 Å². The topological polar surface area (TPSA) is 90.2 Å². The van der Waals surface area contributed by atoms with Crippen molar-refractivity contribution in [1.29, 1.82) is 0 Å². The zero-order chi connectivity index (χ0) is 11.8. The highest BCUT2D eigenvalue weighted by Crippen LogP contribution is 2.13. The first kappa shape index (κ1) is 13.7. The van der Waals surface area contributed by atoms with Gasteiger partial charge >= 0.3 is 0 Å². The van der Waals surface area contributed by atoms with Crippen LogP contribution in [0.2, 0.25) is 0 Å². The van der Waals surface area contributed by atoms with Gasteiger partial charge in [0.15, 0.2) is 12.6 Å². The molecule has 0 saturated heterocycles. The number of phenols is 2. The zero-order valence-corrected chi connectivity index (χ0v) is 8.66. The van der Waals surface area contributed by atoms with E-state index in [-0.39, 0.29) is 11.5 Å². The maximum Gasteiger partial charge on any atom is 0.154 e. The average Bonchev–Trinajstić information content (AvgIpc) is 2.09. The Morgan fingerprint density at radius 1 is 0.867 bits per heavy atom. The van der Waals surface area contributed by atoms with Crippen LogP contribution in [0.1, 0.15) is 13.8 Å². The molecule has 0 radical (unpaired) electrons. The maximum absolute atomic E-state index is 8.65. The Balaban J connectivity index is 0.000000265. The maximum atomic E-state index is 8.65. The van der Waals surface area contributed by atoms with E-state index in [1.54, 1.807) is 0 Å². The molecule has 0 saturated carbocycles. The van der Waals surface area contributed by atoms with Crippen molar-refractivity contribution in [1.82, 2.24) is 0 Å². The lowest BCUT2D eigenvalue weighted by molar-refractivity contribution is -0.190. The van der Waals surface area contributed by atoms with Gasteiger partial charge in [0, 0.05) is 0 Å². The third-order valence-electron chi connectivity index (χ3n) is 1.24. The predicted molar refractivity (Wildman–Crippen MR) is 54.2 cm³/mol. The standard InChI is InChI=1S/C6H6O2.C4H10O3/c7-5-1-2-6(8)4-3-5;1-3(5)7-4(2)6/h1-4,7-8H;3-6H,1-2H3. The van der Waals surface area contributed by atoms with Crippen LogP contribution in [0.4, 0.5) is 0 Å². The number of benzene rings is 1. The average molecular weight is 216 g/mol. The number of aliphatic hydroxyl groups excluding tert-OH is 2. The van der Waals surface area contributed by atoms with Crippen LogP contribution < -0.4 is 0 Å². The molecular formula is C10H16O5. The van der Waals surface area contributed by atoms with Crippen molar-refractivity contribution < 1.29 is 25.2 Å². The molecule has 0 bridgehead atoms. The molecule has 5 heteroatoms. The van der Waals surface area contributed by atoms with E-state index < -0.39 is 12.6 Å². The second kappa shape index (κ2) is 7.05. The summed E-state index contributed by atoms with van der Waals surface area (Å²) in [6.45, 7) is 2.87. The molecule has 2 atom stereocenters. The molecule has 0 aliphatic heterocycles. The predicted octanol–water partition coefficient (Wildman–Crippen LogP) is 0.777.